The van der Waals surface area contributed by atoms with Crippen molar-refractivity contribution < 1.29 is 0 Å². The third-order valence-electron chi connectivity index (χ3n) is 3.65. The van der Waals surface area contributed by atoms with Crippen LogP contribution in [-0.2, 0) is 6.54 Å². The van der Waals surface area contributed by atoms with Crippen LogP contribution in [0, 0.1) is 5.41 Å². The summed E-state index contributed by atoms with van der Waals surface area (Å²) in [6, 6.07) is 4.15. The maximum atomic E-state index is 5.87. The molecule has 0 saturated heterocycles. The Morgan fingerprint density at radius 2 is 2.06 bits per heavy atom. The van der Waals surface area contributed by atoms with Crippen molar-refractivity contribution in [2.24, 2.45) is 11.1 Å². The van der Waals surface area contributed by atoms with Crippen molar-refractivity contribution in [3.05, 3.63) is 30.1 Å². The van der Waals surface area contributed by atoms with Crippen molar-refractivity contribution in [3.8, 4) is 0 Å². The minimum absolute atomic E-state index is 0.405. The predicted octanol–water partition coefficient (Wildman–Crippen LogP) is 1.64. The van der Waals surface area contributed by atoms with Crippen LogP contribution in [0.25, 0.3) is 0 Å². The third kappa shape index (κ3) is 2.60. The van der Waals surface area contributed by atoms with Crippen LogP contribution in [-0.4, -0.2) is 30.0 Å². The van der Waals surface area contributed by atoms with Crippen LogP contribution in [0.5, 0.6) is 0 Å². The first kappa shape index (κ1) is 11.6. The van der Waals surface area contributed by atoms with Crippen LogP contribution in [0.3, 0.4) is 0 Å². The molecule has 2 rings (SSSR count). The summed E-state index contributed by atoms with van der Waals surface area (Å²) >= 11 is 0. The van der Waals surface area contributed by atoms with Crippen LogP contribution < -0.4 is 5.73 Å². The molecule has 88 valence electrons. The Kier molecular flexibility index (Phi) is 3.56. The quantitative estimate of drug-likeness (QED) is 0.818. The Balaban J connectivity index is 1.87. The van der Waals surface area contributed by atoms with Gasteiger partial charge in [0.2, 0.25) is 0 Å². The second-order valence-corrected chi connectivity index (χ2v) is 5.09. The summed E-state index contributed by atoms with van der Waals surface area (Å²) < 4.78 is 0. The molecule has 1 aliphatic carbocycles. The Bertz CT molecular complexity index is 314. The van der Waals surface area contributed by atoms with Gasteiger partial charge in [0.25, 0.3) is 0 Å². The van der Waals surface area contributed by atoms with Crippen LogP contribution in [0.15, 0.2) is 24.5 Å². The molecule has 16 heavy (non-hydrogen) atoms. The van der Waals surface area contributed by atoms with Gasteiger partial charge >= 0.3 is 0 Å². The molecule has 2 N–H and O–H groups in total. The van der Waals surface area contributed by atoms with Gasteiger partial charge in [0, 0.05) is 25.5 Å². The van der Waals surface area contributed by atoms with Gasteiger partial charge in [0.1, 0.15) is 0 Å². The van der Waals surface area contributed by atoms with Crippen molar-refractivity contribution >= 4 is 0 Å². The van der Waals surface area contributed by atoms with E-state index in [2.05, 4.69) is 29.1 Å². The first-order valence-corrected chi connectivity index (χ1v) is 6.02. The van der Waals surface area contributed by atoms with E-state index in [1.807, 2.05) is 12.4 Å². The molecular formula is C13H21N3. The van der Waals surface area contributed by atoms with E-state index in [0.29, 0.717) is 5.41 Å². The molecule has 0 aliphatic heterocycles. The fraction of sp³-hybridized carbons (Fsp3) is 0.615. The molecular weight excluding hydrogens is 198 g/mol. The van der Waals surface area contributed by atoms with E-state index in [4.69, 9.17) is 5.73 Å². The summed E-state index contributed by atoms with van der Waals surface area (Å²) in [4.78, 5) is 6.41. The first-order chi connectivity index (χ1) is 7.74. The van der Waals surface area contributed by atoms with E-state index in [0.717, 1.165) is 19.6 Å². The minimum Gasteiger partial charge on any atom is -0.330 e. The number of nitrogens with zero attached hydrogens (tertiary/aromatic N) is 2. The second-order valence-electron chi connectivity index (χ2n) is 5.09. The van der Waals surface area contributed by atoms with Crippen molar-refractivity contribution in [1.29, 1.82) is 0 Å². The molecule has 3 nitrogen and oxygen atoms in total. The summed E-state index contributed by atoms with van der Waals surface area (Å²) in [7, 11) is 2.18. The van der Waals surface area contributed by atoms with E-state index >= 15 is 0 Å². The van der Waals surface area contributed by atoms with Crippen LogP contribution in [0.2, 0.25) is 0 Å². The van der Waals surface area contributed by atoms with Gasteiger partial charge in [-0.05, 0) is 49.5 Å². The average Bonchev–Trinajstić information content (AvgIpc) is 2.25. The number of nitrogens with two attached hydrogens (primary N) is 1. The third-order valence-corrected chi connectivity index (χ3v) is 3.65. The lowest BCUT2D eigenvalue weighted by atomic mass is 9.68. The lowest BCUT2D eigenvalue weighted by Crippen LogP contribution is -2.45. The van der Waals surface area contributed by atoms with Crippen molar-refractivity contribution in [2.75, 3.05) is 20.1 Å². The molecule has 0 radical (unpaired) electrons. The van der Waals surface area contributed by atoms with Crippen LogP contribution in [0.4, 0.5) is 0 Å². The maximum Gasteiger partial charge on any atom is 0.0271 e. The molecule has 1 saturated carbocycles. The molecule has 0 aromatic carbocycles. The summed E-state index contributed by atoms with van der Waals surface area (Å²) in [6.07, 6.45) is 7.64. The molecule has 1 heterocycles. The number of hydrogen-bond donors (Lipinski definition) is 1. The molecule has 0 bridgehead atoms. The van der Waals surface area contributed by atoms with Gasteiger partial charge in [0.15, 0.2) is 0 Å². The second kappa shape index (κ2) is 4.93. The highest BCUT2D eigenvalue weighted by molar-refractivity contribution is 5.09. The van der Waals surface area contributed by atoms with E-state index in [1.54, 1.807) is 0 Å². The molecule has 0 atom stereocenters. The van der Waals surface area contributed by atoms with Gasteiger partial charge in [-0.3, -0.25) is 4.98 Å². The summed E-state index contributed by atoms with van der Waals surface area (Å²) in [5.41, 5.74) is 7.60. The number of pyridine rings is 1. The molecule has 0 unspecified atom stereocenters. The Labute approximate surface area is 97.7 Å². The monoisotopic (exact) mass is 219 g/mol. The van der Waals surface area contributed by atoms with Crippen LogP contribution in [0.1, 0.15) is 24.8 Å². The largest absolute Gasteiger partial charge is 0.330 e. The van der Waals surface area contributed by atoms with Gasteiger partial charge in [-0.15, -0.1) is 0 Å². The van der Waals surface area contributed by atoms with E-state index in [-0.39, 0.29) is 0 Å². The predicted molar refractivity (Wildman–Crippen MR) is 65.9 cm³/mol. The SMILES string of the molecule is CN(Cc1ccncc1)CC1(CN)CCC1. The smallest absolute Gasteiger partial charge is 0.0271 e. The first-order valence-electron chi connectivity index (χ1n) is 6.02. The zero-order valence-corrected chi connectivity index (χ0v) is 10.0. The molecule has 1 aromatic heterocycles. The van der Waals surface area contributed by atoms with Crippen molar-refractivity contribution in [2.45, 2.75) is 25.8 Å². The standard InChI is InChI=1S/C13H21N3/c1-16(9-12-3-7-15-8-4-12)11-13(10-14)5-2-6-13/h3-4,7-8H,2,5-6,9-11,14H2,1H3. The normalized spacial score (nSPS) is 18.4. The summed E-state index contributed by atoms with van der Waals surface area (Å²) in [6.45, 7) is 2.93. The zero-order valence-electron chi connectivity index (χ0n) is 10.0. The van der Waals surface area contributed by atoms with Crippen LogP contribution >= 0.6 is 0 Å². The molecule has 1 fully saturated rings. The Morgan fingerprint density at radius 3 is 2.56 bits per heavy atom. The van der Waals surface area contributed by atoms with Gasteiger partial charge in [-0.1, -0.05) is 6.42 Å². The molecule has 3 heteroatoms. The number of aromatic nitrogens is 1. The van der Waals surface area contributed by atoms with E-state index in [9.17, 15) is 0 Å². The maximum absolute atomic E-state index is 5.87. The fourth-order valence-electron chi connectivity index (χ4n) is 2.53. The summed E-state index contributed by atoms with van der Waals surface area (Å²) in [5.74, 6) is 0. The van der Waals surface area contributed by atoms with Gasteiger partial charge in [-0.2, -0.15) is 0 Å². The average molecular weight is 219 g/mol. The fourth-order valence-corrected chi connectivity index (χ4v) is 2.53. The highest BCUT2D eigenvalue weighted by Crippen LogP contribution is 2.40. The van der Waals surface area contributed by atoms with Crippen molar-refractivity contribution in [3.63, 3.8) is 0 Å². The van der Waals surface area contributed by atoms with E-state index in [1.165, 1.54) is 24.8 Å². The highest BCUT2D eigenvalue weighted by Gasteiger charge is 2.36. The van der Waals surface area contributed by atoms with Gasteiger partial charge in [0.05, 0.1) is 0 Å². The molecule has 0 spiro atoms. The molecule has 1 aliphatic rings. The van der Waals surface area contributed by atoms with E-state index < -0.39 is 0 Å². The molecule has 0 amide bonds. The zero-order chi connectivity index (χ0) is 11.4. The summed E-state index contributed by atoms with van der Waals surface area (Å²) in [5, 5.41) is 0. The lowest BCUT2D eigenvalue weighted by molar-refractivity contribution is 0.0845. The Hall–Kier alpha value is -0.930. The lowest BCUT2D eigenvalue weighted by Gasteiger charge is -2.43. The van der Waals surface area contributed by atoms with Gasteiger partial charge in [-0.25, -0.2) is 0 Å². The molecule has 1 aromatic rings. The highest BCUT2D eigenvalue weighted by atomic mass is 15.1. The topological polar surface area (TPSA) is 42.2 Å². The van der Waals surface area contributed by atoms with Crippen molar-refractivity contribution in [1.82, 2.24) is 9.88 Å². The number of rotatable bonds is 5. The minimum atomic E-state index is 0.405. The Morgan fingerprint density at radius 1 is 1.38 bits per heavy atom. The number of hydrogen-bond acceptors (Lipinski definition) is 3. The van der Waals surface area contributed by atoms with Gasteiger partial charge < -0.3 is 10.6 Å².